The topological polar surface area (TPSA) is 28.2 Å². The normalized spacial score (nSPS) is 24.9. The van der Waals surface area contributed by atoms with Crippen LogP contribution in [0.1, 0.15) is 37.5 Å². The van der Waals surface area contributed by atoms with Crippen molar-refractivity contribution < 1.29 is 0 Å². The van der Waals surface area contributed by atoms with Gasteiger partial charge >= 0.3 is 0 Å². The molecule has 1 fully saturated rings. The van der Waals surface area contributed by atoms with Crippen molar-refractivity contribution in [3.8, 4) is 0 Å². The second-order valence-corrected chi connectivity index (χ2v) is 6.17. The van der Waals surface area contributed by atoms with Crippen LogP contribution in [0.2, 0.25) is 0 Å². The summed E-state index contributed by atoms with van der Waals surface area (Å²) in [6.45, 7) is 3.30. The Morgan fingerprint density at radius 1 is 1.47 bits per heavy atom. The highest BCUT2D eigenvalue weighted by Crippen LogP contribution is 2.32. The highest BCUT2D eigenvalue weighted by Gasteiger charge is 2.26. The lowest BCUT2D eigenvalue weighted by Gasteiger charge is -2.36. The Bertz CT molecular complexity index is 350. The summed E-state index contributed by atoms with van der Waals surface area (Å²) in [6.07, 6.45) is 7.45. The van der Waals surface area contributed by atoms with E-state index in [1.54, 1.807) is 0 Å². The predicted octanol–water partition coefficient (Wildman–Crippen LogP) is 2.88. The van der Waals surface area contributed by atoms with Gasteiger partial charge in [0, 0.05) is 30.7 Å². The second-order valence-electron chi connectivity index (χ2n) is 5.08. The minimum absolute atomic E-state index is 0.678. The van der Waals surface area contributed by atoms with Gasteiger partial charge in [-0.05, 0) is 25.8 Å². The summed E-state index contributed by atoms with van der Waals surface area (Å²) < 4.78 is 0. The van der Waals surface area contributed by atoms with Gasteiger partial charge in [0.15, 0.2) is 5.13 Å². The zero-order chi connectivity index (χ0) is 12.3. The maximum absolute atomic E-state index is 4.55. The van der Waals surface area contributed by atoms with Crippen LogP contribution in [0.5, 0.6) is 0 Å². The standard InChI is InChI=1S/C13H23N3S/c1-10-6-4-5-7-12(10)16(3)13-15-9-11(17-13)8-14-2/h9-10,12,14H,4-8H2,1-3H3. The van der Waals surface area contributed by atoms with Gasteiger partial charge < -0.3 is 10.2 Å². The zero-order valence-electron chi connectivity index (χ0n) is 11.1. The van der Waals surface area contributed by atoms with Crippen molar-refractivity contribution in [1.29, 1.82) is 0 Å². The summed E-state index contributed by atoms with van der Waals surface area (Å²) in [5, 5.41) is 4.35. The number of rotatable bonds is 4. The third kappa shape index (κ3) is 2.99. The molecule has 0 bridgehead atoms. The molecule has 4 heteroatoms. The van der Waals surface area contributed by atoms with Gasteiger partial charge in [0.25, 0.3) is 0 Å². The summed E-state index contributed by atoms with van der Waals surface area (Å²) in [4.78, 5) is 8.26. The first-order valence-electron chi connectivity index (χ1n) is 6.54. The summed E-state index contributed by atoms with van der Waals surface area (Å²) in [7, 11) is 4.18. The molecule has 0 radical (unpaired) electrons. The van der Waals surface area contributed by atoms with Crippen molar-refractivity contribution in [2.24, 2.45) is 5.92 Å². The Kier molecular flexibility index (Phi) is 4.40. The molecule has 0 spiro atoms. The van der Waals surface area contributed by atoms with Crippen LogP contribution in [0.25, 0.3) is 0 Å². The van der Waals surface area contributed by atoms with Crippen LogP contribution in [-0.2, 0) is 6.54 Å². The Morgan fingerprint density at radius 2 is 2.24 bits per heavy atom. The van der Waals surface area contributed by atoms with E-state index in [1.807, 2.05) is 24.6 Å². The number of nitrogens with one attached hydrogen (secondary N) is 1. The lowest BCUT2D eigenvalue weighted by Crippen LogP contribution is -2.38. The monoisotopic (exact) mass is 253 g/mol. The van der Waals surface area contributed by atoms with Gasteiger partial charge in [0.1, 0.15) is 0 Å². The molecule has 1 saturated carbocycles. The van der Waals surface area contributed by atoms with E-state index >= 15 is 0 Å². The highest BCUT2D eigenvalue weighted by molar-refractivity contribution is 7.15. The molecule has 1 aliphatic carbocycles. The molecule has 1 heterocycles. The molecule has 2 atom stereocenters. The Balaban J connectivity index is 2.04. The van der Waals surface area contributed by atoms with Gasteiger partial charge in [0.05, 0.1) is 0 Å². The van der Waals surface area contributed by atoms with Gasteiger partial charge in [-0.15, -0.1) is 11.3 Å². The Morgan fingerprint density at radius 3 is 2.94 bits per heavy atom. The van der Waals surface area contributed by atoms with Crippen LogP contribution in [-0.4, -0.2) is 25.1 Å². The first-order valence-corrected chi connectivity index (χ1v) is 7.36. The summed E-state index contributed by atoms with van der Waals surface area (Å²) in [5.41, 5.74) is 0. The first-order chi connectivity index (χ1) is 8.22. The van der Waals surface area contributed by atoms with Gasteiger partial charge in [0.2, 0.25) is 0 Å². The molecule has 1 aromatic rings. The quantitative estimate of drug-likeness (QED) is 0.894. The first kappa shape index (κ1) is 12.8. The van der Waals surface area contributed by atoms with Crippen LogP contribution in [0, 0.1) is 5.92 Å². The van der Waals surface area contributed by atoms with Gasteiger partial charge in [-0.2, -0.15) is 0 Å². The fourth-order valence-electron chi connectivity index (χ4n) is 2.73. The minimum atomic E-state index is 0.678. The lowest BCUT2D eigenvalue weighted by atomic mass is 9.85. The van der Waals surface area contributed by atoms with E-state index in [0.29, 0.717) is 6.04 Å². The van der Waals surface area contributed by atoms with Gasteiger partial charge in [-0.3, -0.25) is 0 Å². The SMILES string of the molecule is CNCc1cnc(N(C)C2CCCCC2C)s1. The largest absolute Gasteiger partial charge is 0.348 e. The maximum Gasteiger partial charge on any atom is 0.185 e. The second kappa shape index (κ2) is 5.83. The van der Waals surface area contributed by atoms with Crippen molar-refractivity contribution in [1.82, 2.24) is 10.3 Å². The molecule has 0 aliphatic heterocycles. The highest BCUT2D eigenvalue weighted by atomic mass is 32.1. The molecule has 1 aliphatic rings. The number of hydrogen-bond donors (Lipinski definition) is 1. The van der Waals surface area contributed by atoms with Crippen LogP contribution in [0.15, 0.2) is 6.20 Å². The Hall–Kier alpha value is -0.610. The molecular formula is C13H23N3S. The third-order valence-corrected chi connectivity index (χ3v) is 4.85. The van der Waals surface area contributed by atoms with Gasteiger partial charge in [-0.25, -0.2) is 4.98 Å². The van der Waals surface area contributed by atoms with E-state index in [9.17, 15) is 0 Å². The van der Waals surface area contributed by atoms with Crippen molar-refractivity contribution in [2.75, 3.05) is 19.0 Å². The maximum atomic E-state index is 4.55. The van der Waals surface area contributed by atoms with Crippen LogP contribution >= 0.6 is 11.3 Å². The molecule has 17 heavy (non-hydrogen) atoms. The summed E-state index contributed by atoms with van der Waals surface area (Å²) in [5.74, 6) is 0.797. The van der Waals surface area contributed by atoms with Crippen molar-refractivity contribution >= 4 is 16.5 Å². The van der Waals surface area contributed by atoms with Gasteiger partial charge in [-0.1, -0.05) is 19.8 Å². The van der Waals surface area contributed by atoms with Crippen molar-refractivity contribution in [2.45, 2.75) is 45.2 Å². The van der Waals surface area contributed by atoms with E-state index in [1.165, 1.54) is 35.7 Å². The van der Waals surface area contributed by atoms with E-state index in [0.717, 1.165) is 12.5 Å². The molecule has 3 nitrogen and oxygen atoms in total. The molecule has 1 aromatic heterocycles. The lowest BCUT2D eigenvalue weighted by molar-refractivity contribution is 0.321. The molecule has 96 valence electrons. The van der Waals surface area contributed by atoms with E-state index in [4.69, 9.17) is 0 Å². The van der Waals surface area contributed by atoms with Crippen LogP contribution in [0.3, 0.4) is 0 Å². The number of anilines is 1. The number of thiazole rings is 1. The summed E-state index contributed by atoms with van der Waals surface area (Å²) >= 11 is 1.81. The fourth-order valence-corrected chi connectivity index (χ4v) is 3.67. The third-order valence-electron chi connectivity index (χ3n) is 3.76. The van der Waals surface area contributed by atoms with E-state index in [2.05, 4.69) is 29.2 Å². The van der Waals surface area contributed by atoms with Crippen LogP contribution < -0.4 is 10.2 Å². The molecule has 1 N–H and O–H groups in total. The minimum Gasteiger partial charge on any atom is -0.348 e. The molecular weight excluding hydrogens is 230 g/mol. The molecule has 2 rings (SSSR count). The predicted molar refractivity (Wildman–Crippen MR) is 74.7 cm³/mol. The molecule has 0 aromatic carbocycles. The zero-order valence-corrected chi connectivity index (χ0v) is 11.9. The molecule has 0 amide bonds. The average Bonchev–Trinajstić information content (AvgIpc) is 2.78. The molecule has 0 saturated heterocycles. The number of hydrogen-bond acceptors (Lipinski definition) is 4. The van der Waals surface area contributed by atoms with E-state index < -0.39 is 0 Å². The number of aromatic nitrogens is 1. The summed E-state index contributed by atoms with van der Waals surface area (Å²) in [6, 6.07) is 0.678. The number of nitrogens with zero attached hydrogens (tertiary/aromatic N) is 2. The van der Waals surface area contributed by atoms with Crippen molar-refractivity contribution in [3.05, 3.63) is 11.1 Å². The molecule has 2 unspecified atom stereocenters. The van der Waals surface area contributed by atoms with Crippen LogP contribution in [0.4, 0.5) is 5.13 Å². The van der Waals surface area contributed by atoms with Crippen molar-refractivity contribution in [3.63, 3.8) is 0 Å². The fraction of sp³-hybridized carbons (Fsp3) is 0.769. The Labute approximate surface area is 108 Å². The average molecular weight is 253 g/mol. The van der Waals surface area contributed by atoms with E-state index in [-0.39, 0.29) is 0 Å². The smallest absolute Gasteiger partial charge is 0.185 e.